The molecule has 1 N–H and O–H groups in total. The van der Waals surface area contributed by atoms with Gasteiger partial charge in [-0.1, -0.05) is 29.8 Å². The molecule has 2 aromatic carbocycles. The van der Waals surface area contributed by atoms with Crippen LogP contribution in [0.25, 0.3) is 22.8 Å². The lowest BCUT2D eigenvalue weighted by molar-refractivity contribution is 0.268. The second-order valence-electron chi connectivity index (χ2n) is 7.12. The molecule has 0 unspecified atom stereocenters. The van der Waals surface area contributed by atoms with E-state index in [2.05, 4.69) is 9.97 Å². The molecule has 0 amide bonds. The Morgan fingerprint density at radius 2 is 1.75 bits per heavy atom. The molecule has 0 radical (unpaired) electrons. The van der Waals surface area contributed by atoms with Gasteiger partial charge in [0.1, 0.15) is 23.0 Å². The Labute approximate surface area is 191 Å². The Bertz CT molecular complexity index is 1160. The fraction of sp³-hybridized carbons (Fsp3) is 0.250. The molecule has 0 spiro atoms. The van der Waals surface area contributed by atoms with Crippen LogP contribution in [0.5, 0.6) is 17.2 Å². The van der Waals surface area contributed by atoms with Crippen LogP contribution in [0.4, 0.5) is 0 Å². The third-order valence-corrected chi connectivity index (χ3v) is 5.18. The minimum absolute atomic E-state index is 0.454. The third kappa shape index (κ3) is 4.73. The summed E-state index contributed by atoms with van der Waals surface area (Å²) in [6.07, 6.45) is 3.06. The van der Waals surface area contributed by atoms with E-state index in [0.717, 1.165) is 28.5 Å². The van der Waals surface area contributed by atoms with Crippen LogP contribution in [-0.4, -0.2) is 35.8 Å². The van der Waals surface area contributed by atoms with E-state index in [-0.39, 0.29) is 0 Å². The number of aromatic nitrogens is 3. The average Bonchev–Trinajstić information content (AvgIpc) is 3.43. The quantitative estimate of drug-likeness (QED) is 0.326. The highest BCUT2D eigenvalue weighted by Gasteiger charge is 2.18. The Kier molecular flexibility index (Phi) is 6.66. The first-order valence-corrected chi connectivity index (χ1v) is 10.6. The van der Waals surface area contributed by atoms with E-state index in [9.17, 15) is 0 Å². The number of rotatable bonds is 9. The lowest BCUT2D eigenvalue weighted by Crippen LogP contribution is -2.03. The van der Waals surface area contributed by atoms with E-state index in [0.29, 0.717) is 47.6 Å². The van der Waals surface area contributed by atoms with Gasteiger partial charge in [-0.25, -0.2) is 9.97 Å². The predicted octanol–water partition coefficient (Wildman–Crippen LogP) is 5.72. The molecule has 0 fully saturated rings. The predicted molar refractivity (Wildman–Crippen MR) is 123 cm³/mol. The first kappa shape index (κ1) is 21.8. The second kappa shape index (κ2) is 9.78. The molecule has 0 atom stereocenters. The average molecular weight is 454 g/mol. The number of ether oxygens (including phenoxy) is 3. The van der Waals surface area contributed by atoms with Gasteiger partial charge in [-0.3, -0.25) is 0 Å². The highest BCUT2D eigenvalue weighted by atomic mass is 35.5. The third-order valence-electron chi connectivity index (χ3n) is 4.93. The number of nitrogens with one attached hydrogen (secondary N) is 1. The minimum atomic E-state index is 0.454. The van der Waals surface area contributed by atoms with Gasteiger partial charge in [0.25, 0.3) is 0 Å². The highest BCUT2D eigenvalue weighted by Crippen LogP contribution is 2.37. The summed E-state index contributed by atoms with van der Waals surface area (Å²) in [6.45, 7) is 2.34. The molecular formula is C24H24ClN3O4. The largest absolute Gasteiger partial charge is 0.493 e. The maximum absolute atomic E-state index is 6.12. The van der Waals surface area contributed by atoms with E-state index in [1.54, 1.807) is 20.4 Å². The summed E-state index contributed by atoms with van der Waals surface area (Å²) >= 11 is 6.06. The molecule has 8 heteroatoms. The van der Waals surface area contributed by atoms with Crippen molar-refractivity contribution in [3.05, 3.63) is 65.3 Å². The molecule has 2 aromatic heterocycles. The van der Waals surface area contributed by atoms with Gasteiger partial charge in [0.15, 0.2) is 11.5 Å². The van der Waals surface area contributed by atoms with E-state index < -0.39 is 0 Å². The molecule has 0 aliphatic heterocycles. The number of imidazole rings is 1. The first-order valence-electron chi connectivity index (χ1n) is 10.2. The van der Waals surface area contributed by atoms with Crippen molar-refractivity contribution in [3.8, 4) is 40.1 Å². The van der Waals surface area contributed by atoms with Gasteiger partial charge in [0.05, 0.1) is 27.0 Å². The van der Waals surface area contributed by atoms with Crippen LogP contribution in [0.1, 0.15) is 18.0 Å². The van der Waals surface area contributed by atoms with Crippen LogP contribution >= 0.6 is 11.6 Å². The molecule has 0 saturated heterocycles. The smallest absolute Gasteiger partial charge is 0.245 e. The molecule has 7 nitrogen and oxygen atoms in total. The molecular weight excluding hydrogens is 430 g/mol. The number of nitrogens with zero attached hydrogens (tertiary/aromatic N) is 2. The van der Waals surface area contributed by atoms with Gasteiger partial charge >= 0.3 is 0 Å². The number of halogens is 1. The SMILES string of the molecule is COc1cccc(OC)c1OCCCc1oc(-c2cnc(C)[nH]2)nc1-c1ccc(Cl)cc1. The fourth-order valence-corrected chi connectivity index (χ4v) is 3.49. The Morgan fingerprint density at radius 1 is 1.03 bits per heavy atom. The van der Waals surface area contributed by atoms with Crippen LogP contribution in [0, 0.1) is 6.92 Å². The molecule has 4 rings (SSSR count). The number of methoxy groups -OCH3 is 2. The summed E-state index contributed by atoms with van der Waals surface area (Å²) in [5.74, 6) is 3.90. The van der Waals surface area contributed by atoms with Crippen molar-refractivity contribution in [2.45, 2.75) is 19.8 Å². The highest BCUT2D eigenvalue weighted by molar-refractivity contribution is 6.30. The Balaban J connectivity index is 1.53. The zero-order valence-electron chi connectivity index (χ0n) is 18.1. The van der Waals surface area contributed by atoms with Crippen molar-refractivity contribution >= 4 is 11.6 Å². The van der Waals surface area contributed by atoms with Gasteiger partial charge in [-0.15, -0.1) is 0 Å². The first-order chi connectivity index (χ1) is 15.6. The van der Waals surface area contributed by atoms with Crippen molar-refractivity contribution in [2.24, 2.45) is 0 Å². The van der Waals surface area contributed by atoms with Gasteiger partial charge in [0, 0.05) is 17.0 Å². The number of hydrogen-bond donors (Lipinski definition) is 1. The van der Waals surface area contributed by atoms with E-state index >= 15 is 0 Å². The number of hydrogen-bond acceptors (Lipinski definition) is 6. The Morgan fingerprint density at radius 3 is 2.38 bits per heavy atom. The topological polar surface area (TPSA) is 82.4 Å². The normalized spacial score (nSPS) is 10.9. The summed E-state index contributed by atoms with van der Waals surface area (Å²) in [5, 5.41) is 0.669. The molecule has 2 heterocycles. The monoisotopic (exact) mass is 453 g/mol. The van der Waals surface area contributed by atoms with Gasteiger partial charge < -0.3 is 23.6 Å². The molecule has 166 valence electrons. The van der Waals surface area contributed by atoms with Crippen LogP contribution in [0.15, 0.2) is 53.1 Å². The summed E-state index contributed by atoms with van der Waals surface area (Å²) in [7, 11) is 3.21. The minimum Gasteiger partial charge on any atom is -0.493 e. The summed E-state index contributed by atoms with van der Waals surface area (Å²) in [4.78, 5) is 12.1. The number of H-pyrrole nitrogens is 1. The number of para-hydroxylation sites is 1. The maximum atomic E-state index is 6.12. The summed E-state index contributed by atoms with van der Waals surface area (Å²) in [6, 6.07) is 13.1. The second-order valence-corrected chi connectivity index (χ2v) is 7.56. The van der Waals surface area contributed by atoms with Crippen molar-refractivity contribution in [1.29, 1.82) is 0 Å². The van der Waals surface area contributed by atoms with Crippen LogP contribution in [-0.2, 0) is 6.42 Å². The number of aromatic amines is 1. The summed E-state index contributed by atoms with van der Waals surface area (Å²) < 4.78 is 22.9. The van der Waals surface area contributed by atoms with Crippen LogP contribution in [0.2, 0.25) is 5.02 Å². The lowest BCUT2D eigenvalue weighted by atomic mass is 10.1. The molecule has 0 bridgehead atoms. The zero-order chi connectivity index (χ0) is 22.5. The molecule has 0 aliphatic rings. The van der Waals surface area contributed by atoms with Gasteiger partial charge in [0.2, 0.25) is 11.6 Å². The van der Waals surface area contributed by atoms with Gasteiger partial charge in [-0.2, -0.15) is 0 Å². The van der Waals surface area contributed by atoms with Crippen LogP contribution in [0.3, 0.4) is 0 Å². The van der Waals surface area contributed by atoms with E-state index in [1.807, 2.05) is 49.4 Å². The van der Waals surface area contributed by atoms with Crippen LogP contribution < -0.4 is 14.2 Å². The molecule has 0 aliphatic carbocycles. The summed E-state index contributed by atoms with van der Waals surface area (Å²) in [5.41, 5.74) is 2.45. The number of aryl methyl sites for hydroxylation is 2. The number of benzene rings is 2. The number of oxazole rings is 1. The van der Waals surface area contributed by atoms with Crippen molar-refractivity contribution < 1.29 is 18.6 Å². The van der Waals surface area contributed by atoms with Gasteiger partial charge in [-0.05, 0) is 37.6 Å². The zero-order valence-corrected chi connectivity index (χ0v) is 18.9. The fourth-order valence-electron chi connectivity index (χ4n) is 3.37. The molecule has 0 saturated carbocycles. The Hall–Kier alpha value is -3.45. The van der Waals surface area contributed by atoms with Crippen molar-refractivity contribution in [2.75, 3.05) is 20.8 Å². The molecule has 4 aromatic rings. The standard InChI is InChI=1S/C24H24ClN3O4/c1-15-26-14-18(27-15)24-28-22(16-9-11-17(25)12-10-16)19(32-24)8-5-13-31-23-20(29-2)6-4-7-21(23)30-3/h4,6-7,9-12,14H,5,8,13H2,1-3H3,(H,26,27). The lowest BCUT2D eigenvalue weighted by Gasteiger charge is -2.13. The van der Waals surface area contributed by atoms with Crippen molar-refractivity contribution in [3.63, 3.8) is 0 Å². The maximum Gasteiger partial charge on any atom is 0.245 e. The van der Waals surface area contributed by atoms with E-state index in [4.69, 9.17) is 35.2 Å². The van der Waals surface area contributed by atoms with E-state index in [1.165, 1.54) is 0 Å². The molecule has 32 heavy (non-hydrogen) atoms. The van der Waals surface area contributed by atoms with Crippen molar-refractivity contribution in [1.82, 2.24) is 15.0 Å².